The number of carbonyl (C=O) groups excluding carboxylic acids is 1. The van der Waals surface area contributed by atoms with Crippen molar-refractivity contribution in [3.8, 4) is 0 Å². The van der Waals surface area contributed by atoms with E-state index in [9.17, 15) is 9.90 Å². The number of nitrogens with zero attached hydrogens (tertiary/aromatic N) is 1. The smallest absolute Gasteiger partial charge is 0.221 e. The number of rotatable bonds is 4. The van der Waals surface area contributed by atoms with E-state index in [0.29, 0.717) is 0 Å². The van der Waals surface area contributed by atoms with Crippen LogP contribution in [0.3, 0.4) is 0 Å². The normalized spacial score (nSPS) is 11.9. The number of benzene rings is 1. The molecule has 2 aromatic rings. The molecule has 0 bridgehead atoms. The van der Waals surface area contributed by atoms with E-state index < -0.39 is 6.10 Å². The lowest BCUT2D eigenvalue weighted by Crippen LogP contribution is -2.05. The van der Waals surface area contributed by atoms with Gasteiger partial charge in [-0.25, -0.2) is 4.98 Å². The van der Waals surface area contributed by atoms with Crippen molar-refractivity contribution in [3.63, 3.8) is 0 Å². The van der Waals surface area contributed by atoms with E-state index in [1.54, 1.807) is 19.2 Å². The third-order valence-corrected chi connectivity index (χ3v) is 3.58. The van der Waals surface area contributed by atoms with E-state index in [4.69, 9.17) is 0 Å². The molecule has 1 amide bonds. The molecule has 0 saturated carbocycles. The molecule has 1 atom stereocenters. The number of aliphatic hydroxyl groups is 1. The highest BCUT2D eigenvalue weighted by molar-refractivity contribution is 7.99. The highest BCUT2D eigenvalue weighted by Gasteiger charge is 2.04. The topological polar surface area (TPSA) is 62.2 Å². The molecule has 1 aromatic carbocycles. The number of amides is 1. The molecule has 4 nitrogen and oxygen atoms in total. The molecular weight excluding hydrogens is 272 g/mol. The maximum Gasteiger partial charge on any atom is 0.221 e. The van der Waals surface area contributed by atoms with E-state index in [1.165, 1.54) is 18.7 Å². The van der Waals surface area contributed by atoms with Crippen LogP contribution in [0.15, 0.2) is 52.5 Å². The SMILES string of the molecule is CC(=O)Nc1ccc(Sc2cc([C@@H](C)O)ccn2)cc1. The quantitative estimate of drug-likeness (QED) is 0.906. The molecule has 2 rings (SSSR count). The van der Waals surface area contributed by atoms with Gasteiger partial charge in [0.15, 0.2) is 0 Å². The number of pyridine rings is 1. The summed E-state index contributed by atoms with van der Waals surface area (Å²) in [5.41, 5.74) is 1.62. The molecule has 0 aliphatic carbocycles. The van der Waals surface area contributed by atoms with Gasteiger partial charge in [-0.3, -0.25) is 4.79 Å². The summed E-state index contributed by atoms with van der Waals surface area (Å²) in [6.45, 7) is 3.21. The van der Waals surface area contributed by atoms with Gasteiger partial charge in [-0.15, -0.1) is 0 Å². The van der Waals surface area contributed by atoms with Crippen LogP contribution in [0.2, 0.25) is 0 Å². The highest BCUT2D eigenvalue weighted by atomic mass is 32.2. The number of hydrogen-bond acceptors (Lipinski definition) is 4. The molecular formula is C15H16N2O2S. The van der Waals surface area contributed by atoms with Crippen molar-refractivity contribution in [2.45, 2.75) is 29.9 Å². The number of aromatic nitrogens is 1. The average Bonchev–Trinajstić information content (AvgIpc) is 2.41. The van der Waals surface area contributed by atoms with Crippen molar-refractivity contribution in [3.05, 3.63) is 48.2 Å². The fraction of sp³-hybridized carbons (Fsp3) is 0.200. The zero-order valence-corrected chi connectivity index (χ0v) is 12.1. The second kappa shape index (κ2) is 6.54. The molecule has 104 valence electrons. The lowest BCUT2D eigenvalue weighted by Gasteiger charge is -2.07. The van der Waals surface area contributed by atoms with Crippen molar-refractivity contribution >= 4 is 23.4 Å². The van der Waals surface area contributed by atoms with Crippen molar-refractivity contribution in [2.24, 2.45) is 0 Å². The lowest BCUT2D eigenvalue weighted by molar-refractivity contribution is -0.114. The first kappa shape index (κ1) is 14.6. The van der Waals surface area contributed by atoms with Crippen LogP contribution in [-0.2, 0) is 4.79 Å². The van der Waals surface area contributed by atoms with Crippen molar-refractivity contribution < 1.29 is 9.90 Å². The third kappa shape index (κ3) is 4.08. The first-order valence-corrected chi connectivity index (χ1v) is 7.06. The van der Waals surface area contributed by atoms with Crippen LogP contribution in [0, 0.1) is 0 Å². The summed E-state index contributed by atoms with van der Waals surface area (Å²) in [7, 11) is 0. The predicted octanol–water partition coefficient (Wildman–Crippen LogP) is 3.24. The Morgan fingerprint density at radius 2 is 2.00 bits per heavy atom. The third-order valence-electron chi connectivity index (χ3n) is 2.64. The van der Waals surface area contributed by atoms with Gasteiger partial charge in [-0.1, -0.05) is 11.8 Å². The first-order chi connectivity index (χ1) is 9.54. The monoisotopic (exact) mass is 288 g/mol. The summed E-state index contributed by atoms with van der Waals surface area (Å²) in [6.07, 6.45) is 1.19. The number of anilines is 1. The Balaban J connectivity index is 2.10. The Bertz CT molecular complexity index is 597. The van der Waals surface area contributed by atoms with E-state index in [-0.39, 0.29) is 5.91 Å². The fourth-order valence-corrected chi connectivity index (χ4v) is 2.49. The second-order valence-corrected chi connectivity index (χ2v) is 5.50. The Kier molecular flexibility index (Phi) is 4.76. The van der Waals surface area contributed by atoms with Crippen LogP contribution in [0.1, 0.15) is 25.5 Å². The Morgan fingerprint density at radius 1 is 1.30 bits per heavy atom. The minimum absolute atomic E-state index is 0.0864. The summed E-state index contributed by atoms with van der Waals surface area (Å²) in [5, 5.41) is 13.1. The summed E-state index contributed by atoms with van der Waals surface area (Å²) < 4.78 is 0. The van der Waals surface area contributed by atoms with Crippen LogP contribution in [0.25, 0.3) is 0 Å². The van der Waals surface area contributed by atoms with Gasteiger partial charge in [0.25, 0.3) is 0 Å². The maximum absolute atomic E-state index is 10.9. The molecule has 0 aliphatic heterocycles. The zero-order chi connectivity index (χ0) is 14.5. The standard InChI is InChI=1S/C15H16N2O2S/c1-10(18)12-7-8-16-15(9-12)20-14-5-3-13(4-6-14)17-11(2)19/h3-10,18H,1-2H3,(H,17,19)/t10-/m1/s1. The Labute approximate surface area is 122 Å². The van der Waals surface area contributed by atoms with Gasteiger partial charge >= 0.3 is 0 Å². The molecule has 0 spiro atoms. The molecule has 20 heavy (non-hydrogen) atoms. The fourth-order valence-electron chi connectivity index (χ4n) is 1.67. The van der Waals surface area contributed by atoms with Crippen molar-refractivity contribution in [1.82, 2.24) is 4.98 Å². The molecule has 0 unspecified atom stereocenters. The summed E-state index contributed by atoms with van der Waals surface area (Å²) >= 11 is 1.51. The summed E-state index contributed by atoms with van der Waals surface area (Å²) in [5.74, 6) is -0.0864. The molecule has 0 fully saturated rings. The first-order valence-electron chi connectivity index (χ1n) is 6.24. The lowest BCUT2D eigenvalue weighted by atomic mass is 10.2. The van der Waals surface area contributed by atoms with E-state index in [1.807, 2.05) is 30.3 Å². The van der Waals surface area contributed by atoms with Crippen LogP contribution in [0.5, 0.6) is 0 Å². The van der Waals surface area contributed by atoms with Crippen LogP contribution >= 0.6 is 11.8 Å². The van der Waals surface area contributed by atoms with E-state index in [2.05, 4.69) is 10.3 Å². The largest absolute Gasteiger partial charge is 0.389 e. The minimum Gasteiger partial charge on any atom is -0.389 e. The Morgan fingerprint density at radius 3 is 2.60 bits per heavy atom. The molecule has 1 heterocycles. The van der Waals surface area contributed by atoms with E-state index in [0.717, 1.165) is 21.2 Å². The molecule has 0 saturated heterocycles. The number of carbonyl (C=O) groups is 1. The van der Waals surface area contributed by atoms with Crippen LogP contribution < -0.4 is 5.32 Å². The van der Waals surface area contributed by atoms with Crippen molar-refractivity contribution in [2.75, 3.05) is 5.32 Å². The van der Waals surface area contributed by atoms with Crippen LogP contribution in [-0.4, -0.2) is 16.0 Å². The van der Waals surface area contributed by atoms with Gasteiger partial charge in [-0.05, 0) is 48.9 Å². The number of nitrogens with one attached hydrogen (secondary N) is 1. The Hall–Kier alpha value is -1.85. The minimum atomic E-state index is -0.500. The summed E-state index contributed by atoms with van der Waals surface area (Å²) in [6, 6.07) is 11.2. The van der Waals surface area contributed by atoms with Gasteiger partial charge in [0.1, 0.15) is 5.03 Å². The molecule has 1 aromatic heterocycles. The predicted molar refractivity (Wildman–Crippen MR) is 79.7 cm³/mol. The summed E-state index contributed by atoms with van der Waals surface area (Å²) in [4.78, 5) is 16.2. The average molecular weight is 288 g/mol. The van der Waals surface area contributed by atoms with Gasteiger partial charge in [0.2, 0.25) is 5.91 Å². The van der Waals surface area contributed by atoms with E-state index >= 15 is 0 Å². The maximum atomic E-state index is 10.9. The highest BCUT2D eigenvalue weighted by Crippen LogP contribution is 2.28. The number of hydrogen-bond donors (Lipinski definition) is 2. The molecule has 2 N–H and O–H groups in total. The van der Waals surface area contributed by atoms with Gasteiger partial charge < -0.3 is 10.4 Å². The molecule has 0 aliphatic rings. The molecule has 5 heteroatoms. The van der Waals surface area contributed by atoms with Gasteiger partial charge in [-0.2, -0.15) is 0 Å². The molecule has 0 radical (unpaired) electrons. The van der Waals surface area contributed by atoms with Gasteiger partial charge in [0.05, 0.1) is 6.10 Å². The second-order valence-electron chi connectivity index (χ2n) is 4.41. The van der Waals surface area contributed by atoms with Crippen molar-refractivity contribution in [1.29, 1.82) is 0 Å². The van der Waals surface area contributed by atoms with Gasteiger partial charge in [0, 0.05) is 23.7 Å². The van der Waals surface area contributed by atoms with Crippen LogP contribution in [0.4, 0.5) is 5.69 Å². The zero-order valence-electron chi connectivity index (χ0n) is 11.3. The number of aliphatic hydroxyl groups excluding tert-OH is 1.